The number of hydrogen-bond donors (Lipinski definition) is 0. The summed E-state index contributed by atoms with van der Waals surface area (Å²) in [4.78, 5) is 6.61. The van der Waals surface area contributed by atoms with E-state index < -0.39 is 6.17 Å². The Morgan fingerprint density at radius 1 is 1.50 bits per heavy atom. The molecule has 4 heteroatoms. The van der Waals surface area contributed by atoms with Crippen LogP contribution >= 0.6 is 15.9 Å². The van der Waals surface area contributed by atoms with Crippen LogP contribution in [0.4, 0.5) is 4.39 Å². The molecule has 16 heavy (non-hydrogen) atoms. The maximum Gasteiger partial charge on any atom is 0.125 e. The van der Waals surface area contributed by atoms with Crippen LogP contribution in [0.3, 0.4) is 0 Å². The van der Waals surface area contributed by atoms with Crippen molar-refractivity contribution in [2.45, 2.75) is 32.5 Å². The van der Waals surface area contributed by atoms with Crippen molar-refractivity contribution in [1.29, 1.82) is 0 Å². The highest BCUT2D eigenvalue weighted by molar-refractivity contribution is 9.10. The summed E-state index contributed by atoms with van der Waals surface area (Å²) in [5, 5.41) is 0. The van der Waals surface area contributed by atoms with E-state index in [-0.39, 0.29) is 0 Å². The standard InChI is InChI=1S/C12H16BrFN2/c1-8(2)12-9(3-4-11(13)15-12)5-16-6-10(14)7-16/h3-4,8,10H,5-7H2,1-2H3. The van der Waals surface area contributed by atoms with Crippen molar-refractivity contribution in [2.24, 2.45) is 0 Å². The molecule has 0 saturated carbocycles. The third-order valence-electron chi connectivity index (χ3n) is 2.83. The molecule has 0 radical (unpaired) electrons. The van der Waals surface area contributed by atoms with Gasteiger partial charge in [-0.15, -0.1) is 0 Å². The largest absolute Gasteiger partial charge is 0.293 e. The SMILES string of the molecule is CC(C)c1nc(Br)ccc1CN1CC(F)C1. The van der Waals surface area contributed by atoms with E-state index >= 15 is 0 Å². The van der Waals surface area contributed by atoms with Crippen molar-refractivity contribution in [3.8, 4) is 0 Å². The number of nitrogens with zero attached hydrogens (tertiary/aromatic N) is 2. The average Bonchev–Trinajstić information content (AvgIpc) is 2.17. The maximum absolute atomic E-state index is 12.7. The molecule has 1 fully saturated rings. The highest BCUT2D eigenvalue weighted by atomic mass is 79.9. The Kier molecular flexibility index (Phi) is 3.60. The first-order chi connectivity index (χ1) is 7.56. The molecule has 0 amide bonds. The predicted molar refractivity (Wildman–Crippen MR) is 66.2 cm³/mol. The van der Waals surface area contributed by atoms with Crippen molar-refractivity contribution in [3.05, 3.63) is 28.0 Å². The van der Waals surface area contributed by atoms with Crippen molar-refractivity contribution >= 4 is 15.9 Å². The Balaban J connectivity index is 2.13. The zero-order valence-electron chi connectivity index (χ0n) is 9.58. The van der Waals surface area contributed by atoms with Crippen LogP contribution in [0.25, 0.3) is 0 Å². The third kappa shape index (κ3) is 2.61. The first-order valence-electron chi connectivity index (χ1n) is 5.58. The van der Waals surface area contributed by atoms with Gasteiger partial charge in [-0.2, -0.15) is 0 Å². The van der Waals surface area contributed by atoms with Gasteiger partial charge in [0.15, 0.2) is 0 Å². The third-order valence-corrected chi connectivity index (χ3v) is 3.27. The van der Waals surface area contributed by atoms with Crippen LogP contribution in [-0.4, -0.2) is 29.1 Å². The molecule has 1 saturated heterocycles. The molecular formula is C12H16BrFN2. The van der Waals surface area contributed by atoms with Crippen LogP contribution in [0.5, 0.6) is 0 Å². The molecule has 1 aliphatic heterocycles. The molecule has 1 aromatic heterocycles. The predicted octanol–water partition coefficient (Wildman–Crippen LogP) is 3.12. The average molecular weight is 287 g/mol. The Morgan fingerprint density at radius 2 is 2.19 bits per heavy atom. The summed E-state index contributed by atoms with van der Waals surface area (Å²) in [6.45, 7) is 6.20. The zero-order valence-corrected chi connectivity index (χ0v) is 11.2. The van der Waals surface area contributed by atoms with Gasteiger partial charge in [0.2, 0.25) is 0 Å². The minimum absolute atomic E-state index is 0.398. The second-order valence-electron chi connectivity index (χ2n) is 4.62. The van der Waals surface area contributed by atoms with Gasteiger partial charge >= 0.3 is 0 Å². The second kappa shape index (κ2) is 4.80. The first-order valence-corrected chi connectivity index (χ1v) is 6.37. The zero-order chi connectivity index (χ0) is 11.7. The topological polar surface area (TPSA) is 16.1 Å². The van der Waals surface area contributed by atoms with Crippen molar-refractivity contribution in [3.63, 3.8) is 0 Å². The van der Waals surface area contributed by atoms with E-state index in [1.165, 1.54) is 5.56 Å². The van der Waals surface area contributed by atoms with Gasteiger partial charge in [0.1, 0.15) is 10.8 Å². The lowest BCUT2D eigenvalue weighted by Gasteiger charge is -2.34. The van der Waals surface area contributed by atoms with Gasteiger partial charge < -0.3 is 0 Å². The van der Waals surface area contributed by atoms with E-state index in [0.717, 1.165) is 16.8 Å². The van der Waals surface area contributed by atoms with Crippen LogP contribution in [0.15, 0.2) is 16.7 Å². The molecule has 0 bridgehead atoms. The van der Waals surface area contributed by atoms with Gasteiger partial charge in [0.25, 0.3) is 0 Å². The molecule has 0 aliphatic carbocycles. The van der Waals surface area contributed by atoms with Crippen molar-refractivity contribution < 1.29 is 4.39 Å². The summed E-state index contributed by atoms with van der Waals surface area (Å²) < 4.78 is 13.6. The van der Waals surface area contributed by atoms with E-state index in [1.807, 2.05) is 6.07 Å². The molecule has 0 unspecified atom stereocenters. The second-order valence-corrected chi connectivity index (χ2v) is 5.44. The monoisotopic (exact) mass is 286 g/mol. The summed E-state index contributed by atoms with van der Waals surface area (Å²) in [5.41, 5.74) is 2.32. The molecule has 0 N–H and O–H groups in total. The quantitative estimate of drug-likeness (QED) is 0.794. The van der Waals surface area contributed by atoms with Gasteiger partial charge in [0.05, 0.1) is 0 Å². The molecule has 0 spiro atoms. The summed E-state index contributed by atoms with van der Waals surface area (Å²) in [6.07, 6.45) is -0.633. The summed E-state index contributed by atoms with van der Waals surface area (Å²) >= 11 is 3.39. The molecule has 2 nitrogen and oxygen atoms in total. The summed E-state index contributed by atoms with van der Waals surface area (Å²) in [6, 6.07) is 4.03. The molecule has 1 aliphatic rings. The molecule has 0 atom stereocenters. The Bertz CT molecular complexity index is 375. The van der Waals surface area contributed by atoms with Crippen LogP contribution in [0.1, 0.15) is 31.0 Å². The number of aromatic nitrogens is 1. The highest BCUT2D eigenvalue weighted by Crippen LogP contribution is 2.23. The first kappa shape index (κ1) is 12.0. The van der Waals surface area contributed by atoms with Crippen molar-refractivity contribution in [2.75, 3.05) is 13.1 Å². The van der Waals surface area contributed by atoms with Crippen LogP contribution in [0, 0.1) is 0 Å². The minimum Gasteiger partial charge on any atom is -0.293 e. The van der Waals surface area contributed by atoms with E-state index in [0.29, 0.717) is 19.0 Å². The number of rotatable bonds is 3. The number of pyridine rings is 1. The van der Waals surface area contributed by atoms with E-state index in [9.17, 15) is 4.39 Å². The summed E-state index contributed by atoms with van der Waals surface area (Å²) in [5.74, 6) is 0.398. The molecule has 2 heterocycles. The van der Waals surface area contributed by atoms with Gasteiger partial charge in [-0.05, 0) is 33.5 Å². The Labute approximate surface area is 104 Å². The fourth-order valence-corrected chi connectivity index (χ4v) is 2.31. The van der Waals surface area contributed by atoms with Gasteiger partial charge in [-0.1, -0.05) is 19.9 Å². The van der Waals surface area contributed by atoms with Crippen LogP contribution in [0.2, 0.25) is 0 Å². The molecule has 0 aromatic carbocycles. The maximum atomic E-state index is 12.7. The van der Waals surface area contributed by atoms with Crippen LogP contribution < -0.4 is 0 Å². The lowest BCUT2D eigenvalue weighted by Crippen LogP contribution is -2.47. The Morgan fingerprint density at radius 3 is 2.75 bits per heavy atom. The molecular weight excluding hydrogens is 271 g/mol. The summed E-state index contributed by atoms with van der Waals surface area (Å²) in [7, 11) is 0. The minimum atomic E-state index is -0.633. The smallest absolute Gasteiger partial charge is 0.125 e. The molecule has 88 valence electrons. The number of likely N-dealkylation sites (tertiary alicyclic amines) is 1. The Hall–Kier alpha value is -0.480. The molecule has 2 rings (SSSR count). The normalized spacial score (nSPS) is 17.8. The highest BCUT2D eigenvalue weighted by Gasteiger charge is 2.26. The fraction of sp³-hybridized carbons (Fsp3) is 0.583. The fourth-order valence-electron chi connectivity index (χ4n) is 1.99. The van der Waals surface area contributed by atoms with E-state index in [1.54, 1.807) is 0 Å². The lowest BCUT2D eigenvalue weighted by atomic mass is 10.0. The number of halogens is 2. The van der Waals surface area contributed by atoms with E-state index in [2.05, 4.69) is 45.7 Å². The lowest BCUT2D eigenvalue weighted by molar-refractivity contribution is 0.0587. The van der Waals surface area contributed by atoms with Crippen LogP contribution in [-0.2, 0) is 6.54 Å². The number of hydrogen-bond acceptors (Lipinski definition) is 2. The van der Waals surface area contributed by atoms with Gasteiger partial charge in [-0.3, -0.25) is 4.90 Å². The number of alkyl halides is 1. The molecule has 1 aromatic rings. The van der Waals surface area contributed by atoms with Gasteiger partial charge in [0, 0.05) is 25.3 Å². The van der Waals surface area contributed by atoms with E-state index in [4.69, 9.17) is 0 Å². The van der Waals surface area contributed by atoms with Gasteiger partial charge in [-0.25, -0.2) is 9.37 Å². The van der Waals surface area contributed by atoms with Crippen molar-refractivity contribution in [1.82, 2.24) is 9.88 Å².